The Balaban J connectivity index is 2.27. The lowest BCUT2D eigenvalue weighted by Crippen LogP contribution is -2.34. The van der Waals surface area contributed by atoms with Crippen molar-refractivity contribution in [2.24, 2.45) is 0 Å². The monoisotopic (exact) mass is 409 g/mol. The molecule has 158 valence electrons. The molecule has 0 spiro atoms. The van der Waals surface area contributed by atoms with Gasteiger partial charge in [-0.05, 0) is 44.0 Å². The number of ether oxygens (including phenoxy) is 1. The van der Waals surface area contributed by atoms with Crippen LogP contribution in [0.25, 0.3) is 0 Å². The molecule has 2 aromatic rings. The minimum atomic E-state index is -4.58. The summed E-state index contributed by atoms with van der Waals surface area (Å²) in [6, 6.07) is 11.2. The number of likely N-dealkylation sites (N-methyl/N-ethyl adjacent to an activating group) is 1. The molecule has 29 heavy (non-hydrogen) atoms. The Morgan fingerprint density at radius 1 is 0.966 bits per heavy atom. The minimum absolute atomic E-state index is 0.0563. The van der Waals surface area contributed by atoms with Crippen LogP contribution < -0.4 is 4.74 Å². The molecule has 0 radical (unpaired) electrons. The van der Waals surface area contributed by atoms with Crippen molar-refractivity contribution in [3.05, 3.63) is 65.2 Å². The number of carbonyl (C=O) groups excluding carboxylic acids is 1. The van der Waals surface area contributed by atoms with Crippen molar-refractivity contribution in [1.82, 2.24) is 4.90 Å². The number of aliphatic hydroxyl groups is 1. The molecule has 4 nitrogen and oxygen atoms in total. The predicted molar refractivity (Wildman–Crippen MR) is 105 cm³/mol. The van der Waals surface area contributed by atoms with E-state index < -0.39 is 17.3 Å². The number of benzene rings is 2. The van der Waals surface area contributed by atoms with Crippen LogP contribution in [0.3, 0.4) is 0 Å². The zero-order valence-corrected chi connectivity index (χ0v) is 16.8. The van der Waals surface area contributed by atoms with Crippen LogP contribution in [0.15, 0.2) is 48.5 Å². The highest BCUT2D eigenvalue weighted by Gasteiger charge is 2.40. The third kappa shape index (κ3) is 5.09. The van der Waals surface area contributed by atoms with Gasteiger partial charge in [0.05, 0.1) is 5.56 Å². The fourth-order valence-electron chi connectivity index (χ4n) is 3.28. The first-order valence-corrected chi connectivity index (χ1v) is 9.57. The van der Waals surface area contributed by atoms with Gasteiger partial charge in [-0.2, -0.15) is 13.2 Å². The third-order valence-electron chi connectivity index (χ3n) is 5.00. The zero-order valence-electron chi connectivity index (χ0n) is 16.8. The maximum atomic E-state index is 13.4. The van der Waals surface area contributed by atoms with E-state index in [0.717, 1.165) is 6.07 Å². The van der Waals surface area contributed by atoms with E-state index in [0.29, 0.717) is 24.4 Å². The van der Waals surface area contributed by atoms with Gasteiger partial charge in [-0.3, -0.25) is 4.79 Å². The molecule has 0 aliphatic rings. The number of hydrogen-bond donors (Lipinski definition) is 1. The van der Waals surface area contributed by atoms with Gasteiger partial charge in [0.15, 0.2) is 6.61 Å². The molecular weight excluding hydrogens is 383 g/mol. The summed E-state index contributed by atoms with van der Waals surface area (Å²) in [5.74, 6) is 0.250. The average Bonchev–Trinajstić information content (AvgIpc) is 2.72. The lowest BCUT2D eigenvalue weighted by molar-refractivity contribution is -0.140. The Labute approximate surface area is 168 Å². The first-order valence-electron chi connectivity index (χ1n) is 9.57. The maximum Gasteiger partial charge on any atom is 0.416 e. The zero-order chi connectivity index (χ0) is 21.7. The number of rotatable bonds is 8. The summed E-state index contributed by atoms with van der Waals surface area (Å²) in [5, 5.41) is 11.2. The van der Waals surface area contributed by atoms with Gasteiger partial charge in [0.25, 0.3) is 5.91 Å². The number of hydrogen-bond acceptors (Lipinski definition) is 3. The van der Waals surface area contributed by atoms with Crippen molar-refractivity contribution in [2.45, 2.75) is 39.0 Å². The molecule has 1 unspecified atom stereocenters. The van der Waals surface area contributed by atoms with Crippen LogP contribution in [-0.2, 0) is 16.6 Å². The van der Waals surface area contributed by atoms with Crippen molar-refractivity contribution >= 4 is 5.91 Å². The molecule has 0 aromatic heterocycles. The smallest absolute Gasteiger partial charge is 0.416 e. The Morgan fingerprint density at radius 2 is 1.52 bits per heavy atom. The average molecular weight is 409 g/mol. The van der Waals surface area contributed by atoms with Crippen LogP contribution in [0.2, 0.25) is 0 Å². The summed E-state index contributed by atoms with van der Waals surface area (Å²) in [6.07, 6.45) is -4.52. The first kappa shape index (κ1) is 22.7. The van der Waals surface area contributed by atoms with Gasteiger partial charge in [-0.15, -0.1) is 0 Å². The molecule has 0 heterocycles. The Kier molecular flexibility index (Phi) is 7.30. The summed E-state index contributed by atoms with van der Waals surface area (Å²) < 4.78 is 45.8. The highest BCUT2D eigenvalue weighted by atomic mass is 19.4. The summed E-state index contributed by atoms with van der Waals surface area (Å²) in [7, 11) is 0. The van der Waals surface area contributed by atoms with E-state index in [2.05, 4.69) is 0 Å². The number of nitrogens with zero attached hydrogens (tertiary/aromatic N) is 1. The summed E-state index contributed by atoms with van der Waals surface area (Å²) in [5.41, 5.74) is -2.55. The Hall–Kier alpha value is -2.54. The normalized spacial score (nSPS) is 13.6. The molecule has 1 amide bonds. The first-order chi connectivity index (χ1) is 13.7. The Bertz CT molecular complexity index is 817. The molecule has 1 N–H and O–H groups in total. The summed E-state index contributed by atoms with van der Waals surface area (Å²) in [4.78, 5) is 13.7. The molecule has 0 aliphatic carbocycles. The van der Waals surface area contributed by atoms with Gasteiger partial charge >= 0.3 is 6.18 Å². The van der Waals surface area contributed by atoms with Crippen molar-refractivity contribution < 1.29 is 27.8 Å². The predicted octanol–water partition coefficient (Wildman–Crippen LogP) is 4.60. The number of halogens is 3. The van der Waals surface area contributed by atoms with E-state index >= 15 is 0 Å². The van der Waals surface area contributed by atoms with Gasteiger partial charge in [-0.1, -0.05) is 37.3 Å². The van der Waals surface area contributed by atoms with Gasteiger partial charge in [0.1, 0.15) is 11.4 Å². The second-order valence-electron chi connectivity index (χ2n) is 6.64. The molecule has 2 aromatic carbocycles. The van der Waals surface area contributed by atoms with E-state index in [1.165, 1.54) is 30.3 Å². The van der Waals surface area contributed by atoms with Gasteiger partial charge in [-0.25, -0.2) is 0 Å². The van der Waals surface area contributed by atoms with E-state index in [4.69, 9.17) is 4.74 Å². The fraction of sp³-hybridized carbons (Fsp3) is 0.409. The minimum Gasteiger partial charge on any atom is -0.484 e. The molecule has 2 rings (SSSR count). The summed E-state index contributed by atoms with van der Waals surface area (Å²) >= 11 is 0. The molecule has 0 fully saturated rings. The molecule has 0 saturated heterocycles. The van der Waals surface area contributed by atoms with E-state index in [1.807, 2.05) is 13.8 Å². The van der Waals surface area contributed by atoms with Gasteiger partial charge < -0.3 is 14.7 Å². The van der Waals surface area contributed by atoms with E-state index in [-0.39, 0.29) is 24.5 Å². The summed E-state index contributed by atoms with van der Waals surface area (Å²) in [6.45, 7) is 6.41. The van der Waals surface area contributed by atoms with Crippen LogP contribution in [-0.4, -0.2) is 35.6 Å². The molecule has 0 bridgehead atoms. The van der Waals surface area contributed by atoms with E-state index in [1.54, 1.807) is 24.0 Å². The topological polar surface area (TPSA) is 49.8 Å². The quantitative estimate of drug-likeness (QED) is 0.693. The van der Waals surface area contributed by atoms with Crippen LogP contribution in [0.5, 0.6) is 5.75 Å². The number of alkyl halides is 3. The van der Waals surface area contributed by atoms with Gasteiger partial charge in [0.2, 0.25) is 0 Å². The van der Waals surface area contributed by atoms with Crippen LogP contribution in [0, 0.1) is 0 Å². The number of carbonyl (C=O) groups is 1. The lowest BCUT2D eigenvalue weighted by atomic mass is 9.81. The third-order valence-corrected chi connectivity index (χ3v) is 5.00. The van der Waals surface area contributed by atoms with Gasteiger partial charge in [0, 0.05) is 18.7 Å². The molecule has 0 saturated carbocycles. The highest BCUT2D eigenvalue weighted by Crippen LogP contribution is 2.41. The molecule has 0 aliphatic heterocycles. The second-order valence-corrected chi connectivity index (χ2v) is 6.64. The second kappa shape index (κ2) is 9.31. The maximum absolute atomic E-state index is 13.4. The van der Waals surface area contributed by atoms with Crippen LogP contribution in [0.1, 0.15) is 43.9 Å². The standard InChI is InChI=1S/C22H26F3NO3/c1-4-21(28,18-9-7-8-10-19(18)22(23,24)25)16-11-13-17(14-12-16)29-15-20(27)26(5-2)6-3/h7-14,28H,4-6,15H2,1-3H3. The van der Waals surface area contributed by atoms with Crippen molar-refractivity contribution in [3.8, 4) is 5.75 Å². The van der Waals surface area contributed by atoms with Crippen molar-refractivity contribution in [3.63, 3.8) is 0 Å². The van der Waals surface area contributed by atoms with Crippen molar-refractivity contribution in [2.75, 3.05) is 19.7 Å². The van der Waals surface area contributed by atoms with Crippen molar-refractivity contribution in [1.29, 1.82) is 0 Å². The Morgan fingerprint density at radius 3 is 2.00 bits per heavy atom. The van der Waals surface area contributed by atoms with E-state index in [9.17, 15) is 23.1 Å². The SMILES string of the molecule is CCN(CC)C(=O)COc1ccc(C(O)(CC)c2ccccc2C(F)(F)F)cc1. The largest absolute Gasteiger partial charge is 0.484 e. The van der Waals surface area contributed by atoms with Crippen LogP contribution in [0.4, 0.5) is 13.2 Å². The molecule has 7 heteroatoms. The molecular formula is C22H26F3NO3. The highest BCUT2D eigenvalue weighted by molar-refractivity contribution is 5.77. The molecule has 1 atom stereocenters. The lowest BCUT2D eigenvalue weighted by Gasteiger charge is -2.31. The van der Waals surface area contributed by atoms with Crippen LogP contribution >= 0.6 is 0 Å². The number of amides is 1. The fourth-order valence-corrected chi connectivity index (χ4v) is 3.28.